The first kappa shape index (κ1) is 26.7. The number of piperazine rings is 1. The molecule has 1 aromatic heterocycles. The molecule has 0 radical (unpaired) electrons. The minimum absolute atomic E-state index is 0.110. The number of hydrogen-bond acceptors (Lipinski definition) is 5. The molecule has 7 nitrogen and oxygen atoms in total. The van der Waals surface area contributed by atoms with E-state index in [1.807, 2.05) is 27.0 Å². The molecule has 0 saturated carbocycles. The Hall–Kier alpha value is -2.93. The van der Waals surface area contributed by atoms with Gasteiger partial charge in [-0.05, 0) is 68.5 Å². The highest BCUT2D eigenvalue weighted by Gasteiger charge is 2.27. The smallest absolute Gasteiger partial charge is 0.410 e. The minimum atomic E-state index is -0.353. The zero-order valence-electron chi connectivity index (χ0n) is 22.1. The summed E-state index contributed by atoms with van der Waals surface area (Å²) >= 11 is 0. The standard InChI is InChI=1S/C28H40N4O3/c1-21-7-10-23(29-19-21)13-14-31-15-17-32(18-16-31)26(34)35-24-11-8-22(9-12-24)25(33)30-28(5,6)20-27(2,3)4/h7-12,19H,13-18,20H2,1-6H3,(H,30,33). The van der Waals surface area contributed by atoms with E-state index in [-0.39, 0.29) is 23.0 Å². The Morgan fingerprint density at radius 2 is 1.63 bits per heavy atom. The zero-order chi connectivity index (χ0) is 25.6. The van der Waals surface area contributed by atoms with E-state index in [0.29, 0.717) is 24.4 Å². The van der Waals surface area contributed by atoms with Crippen LogP contribution < -0.4 is 10.1 Å². The van der Waals surface area contributed by atoms with Gasteiger partial charge in [-0.3, -0.25) is 14.7 Å². The van der Waals surface area contributed by atoms with E-state index in [9.17, 15) is 9.59 Å². The van der Waals surface area contributed by atoms with Crippen LogP contribution >= 0.6 is 0 Å². The maximum atomic E-state index is 12.7. The highest BCUT2D eigenvalue weighted by atomic mass is 16.6. The van der Waals surface area contributed by atoms with Crippen LogP contribution in [0.4, 0.5) is 4.79 Å². The van der Waals surface area contributed by atoms with Crippen LogP contribution in [0, 0.1) is 12.3 Å². The van der Waals surface area contributed by atoms with Gasteiger partial charge in [0.15, 0.2) is 0 Å². The fraction of sp³-hybridized carbons (Fsp3) is 0.536. The summed E-state index contributed by atoms with van der Waals surface area (Å²) in [6.45, 7) is 16.4. The van der Waals surface area contributed by atoms with Crippen molar-refractivity contribution in [2.45, 2.75) is 59.9 Å². The Morgan fingerprint density at radius 1 is 0.971 bits per heavy atom. The molecule has 2 aromatic rings. The van der Waals surface area contributed by atoms with Crippen LogP contribution in [0.1, 0.15) is 62.7 Å². The number of nitrogens with zero attached hydrogens (tertiary/aromatic N) is 3. The lowest BCUT2D eigenvalue weighted by Crippen LogP contribution is -2.49. The van der Waals surface area contributed by atoms with E-state index in [4.69, 9.17) is 4.74 Å². The van der Waals surface area contributed by atoms with Gasteiger partial charge in [-0.25, -0.2) is 4.79 Å². The number of aryl methyl sites for hydroxylation is 1. The molecule has 0 bridgehead atoms. The van der Waals surface area contributed by atoms with Crippen molar-refractivity contribution in [3.8, 4) is 5.75 Å². The molecule has 1 fully saturated rings. The summed E-state index contributed by atoms with van der Waals surface area (Å²) in [7, 11) is 0. The van der Waals surface area contributed by atoms with E-state index < -0.39 is 0 Å². The Bertz CT molecular complexity index is 986. The second kappa shape index (κ2) is 11.2. The zero-order valence-corrected chi connectivity index (χ0v) is 22.1. The quantitative estimate of drug-likeness (QED) is 0.622. The van der Waals surface area contributed by atoms with E-state index in [2.05, 4.69) is 48.1 Å². The lowest BCUT2D eigenvalue weighted by molar-refractivity contribution is 0.0891. The van der Waals surface area contributed by atoms with Gasteiger partial charge in [-0.15, -0.1) is 0 Å². The maximum Gasteiger partial charge on any atom is 0.415 e. The fourth-order valence-corrected chi connectivity index (χ4v) is 4.66. The van der Waals surface area contributed by atoms with Gasteiger partial charge in [-0.1, -0.05) is 26.8 Å². The van der Waals surface area contributed by atoms with Crippen molar-refractivity contribution in [3.63, 3.8) is 0 Å². The van der Waals surface area contributed by atoms with Crippen LogP contribution in [0.3, 0.4) is 0 Å². The monoisotopic (exact) mass is 480 g/mol. The third kappa shape index (κ3) is 8.66. The van der Waals surface area contributed by atoms with Gasteiger partial charge in [0.1, 0.15) is 5.75 Å². The van der Waals surface area contributed by atoms with Gasteiger partial charge < -0.3 is 15.0 Å². The van der Waals surface area contributed by atoms with Crippen LogP contribution in [0.5, 0.6) is 5.75 Å². The van der Waals surface area contributed by atoms with Gasteiger partial charge in [0.05, 0.1) is 0 Å². The Labute approximate surface area is 209 Å². The first-order valence-corrected chi connectivity index (χ1v) is 12.4. The number of aromatic nitrogens is 1. The van der Waals surface area contributed by atoms with Gasteiger partial charge in [0, 0.05) is 62.1 Å². The van der Waals surface area contributed by atoms with Crippen LogP contribution in [-0.2, 0) is 6.42 Å². The molecule has 0 spiro atoms. The van der Waals surface area contributed by atoms with E-state index >= 15 is 0 Å². The number of benzene rings is 1. The van der Waals surface area contributed by atoms with Crippen LogP contribution in [0.25, 0.3) is 0 Å². The molecule has 1 aliphatic rings. The van der Waals surface area contributed by atoms with Crippen molar-refractivity contribution in [2.24, 2.45) is 5.41 Å². The van der Waals surface area contributed by atoms with Crippen LogP contribution in [0.15, 0.2) is 42.6 Å². The molecule has 2 amide bonds. The number of ether oxygens (including phenoxy) is 1. The average molecular weight is 481 g/mol. The molecule has 1 aromatic carbocycles. The fourth-order valence-electron chi connectivity index (χ4n) is 4.66. The lowest BCUT2D eigenvalue weighted by atomic mass is 9.81. The Balaban J connectivity index is 1.44. The summed E-state index contributed by atoms with van der Waals surface area (Å²) in [6.07, 6.45) is 3.31. The van der Waals surface area contributed by atoms with Crippen molar-refractivity contribution in [1.29, 1.82) is 0 Å². The minimum Gasteiger partial charge on any atom is -0.410 e. The predicted octanol–water partition coefficient (Wildman–Crippen LogP) is 4.69. The molecule has 35 heavy (non-hydrogen) atoms. The van der Waals surface area contributed by atoms with Crippen LogP contribution in [-0.4, -0.2) is 65.0 Å². The number of nitrogens with one attached hydrogen (secondary N) is 1. The summed E-state index contributed by atoms with van der Waals surface area (Å²) in [5, 5.41) is 3.10. The summed E-state index contributed by atoms with van der Waals surface area (Å²) in [6, 6.07) is 10.9. The maximum absolute atomic E-state index is 12.7. The molecule has 0 unspecified atom stereocenters. The molecule has 1 aliphatic heterocycles. The van der Waals surface area contributed by atoms with E-state index in [1.54, 1.807) is 29.2 Å². The van der Waals surface area contributed by atoms with Gasteiger partial charge in [0.2, 0.25) is 0 Å². The van der Waals surface area contributed by atoms with Crippen LogP contribution in [0.2, 0.25) is 0 Å². The number of rotatable bonds is 7. The lowest BCUT2D eigenvalue weighted by Gasteiger charge is -2.34. The number of amides is 2. The van der Waals surface area contributed by atoms with Crippen molar-refractivity contribution in [3.05, 3.63) is 59.4 Å². The molecule has 7 heteroatoms. The Morgan fingerprint density at radius 3 is 2.20 bits per heavy atom. The van der Waals surface area contributed by atoms with Gasteiger partial charge >= 0.3 is 6.09 Å². The van der Waals surface area contributed by atoms with Gasteiger partial charge in [0.25, 0.3) is 5.91 Å². The summed E-state index contributed by atoms with van der Waals surface area (Å²) in [5.74, 6) is 0.308. The molecule has 1 saturated heterocycles. The predicted molar refractivity (Wildman–Crippen MR) is 139 cm³/mol. The first-order valence-electron chi connectivity index (χ1n) is 12.4. The second-order valence-corrected chi connectivity index (χ2v) is 11.4. The second-order valence-electron chi connectivity index (χ2n) is 11.4. The van der Waals surface area contributed by atoms with Crippen molar-refractivity contribution in [2.75, 3.05) is 32.7 Å². The largest absolute Gasteiger partial charge is 0.415 e. The molecule has 3 rings (SSSR count). The normalized spacial score (nSPS) is 15.1. The molecule has 1 N–H and O–H groups in total. The number of hydrogen-bond donors (Lipinski definition) is 1. The molecular weight excluding hydrogens is 440 g/mol. The summed E-state index contributed by atoms with van der Waals surface area (Å²) in [5.41, 5.74) is 2.59. The molecule has 0 atom stereocenters. The van der Waals surface area contributed by atoms with Gasteiger partial charge in [-0.2, -0.15) is 0 Å². The SMILES string of the molecule is Cc1ccc(CCN2CCN(C(=O)Oc3ccc(C(=O)NC(C)(C)CC(C)(C)C)cc3)CC2)nc1. The van der Waals surface area contributed by atoms with Crippen molar-refractivity contribution >= 4 is 12.0 Å². The molecule has 2 heterocycles. The third-order valence-electron chi connectivity index (χ3n) is 6.03. The molecule has 190 valence electrons. The summed E-state index contributed by atoms with van der Waals surface area (Å²) in [4.78, 5) is 33.8. The average Bonchev–Trinajstić information content (AvgIpc) is 2.77. The molecular formula is C28H40N4O3. The van der Waals surface area contributed by atoms with Crippen molar-refractivity contribution < 1.29 is 14.3 Å². The highest BCUT2D eigenvalue weighted by molar-refractivity contribution is 5.94. The first-order chi connectivity index (χ1) is 16.4. The number of carbonyl (C=O) groups excluding carboxylic acids is 2. The number of pyridine rings is 1. The molecule has 0 aliphatic carbocycles. The van der Waals surface area contributed by atoms with E-state index in [0.717, 1.165) is 38.2 Å². The topological polar surface area (TPSA) is 74.8 Å². The Kier molecular flexibility index (Phi) is 8.54. The number of carbonyl (C=O) groups is 2. The summed E-state index contributed by atoms with van der Waals surface area (Å²) < 4.78 is 5.56. The van der Waals surface area contributed by atoms with Crippen molar-refractivity contribution in [1.82, 2.24) is 20.1 Å². The third-order valence-corrected chi connectivity index (χ3v) is 6.03. The highest BCUT2D eigenvalue weighted by Crippen LogP contribution is 2.27. The van der Waals surface area contributed by atoms with E-state index in [1.165, 1.54) is 5.56 Å².